The summed E-state index contributed by atoms with van der Waals surface area (Å²) in [6.07, 6.45) is 0.931. The van der Waals surface area contributed by atoms with E-state index < -0.39 is 0 Å². The lowest BCUT2D eigenvalue weighted by atomic mass is 9.96. The molecule has 0 N–H and O–H groups in total. The molecule has 2 aromatic carbocycles. The normalized spacial score (nSPS) is 13.7. The average molecular weight is 358 g/mol. The first-order valence-electron chi connectivity index (χ1n) is 8.48. The molecule has 0 amide bonds. The zero-order valence-corrected chi connectivity index (χ0v) is 16.9. The van der Waals surface area contributed by atoms with Crippen LogP contribution in [0.25, 0.3) is 0 Å². The van der Waals surface area contributed by atoms with Crippen molar-refractivity contribution in [1.29, 1.82) is 0 Å². The van der Waals surface area contributed by atoms with Gasteiger partial charge in [-0.25, -0.2) is 0 Å². The molecule has 0 aliphatic carbocycles. The molecule has 3 nitrogen and oxygen atoms in total. The molecule has 0 saturated carbocycles. The second-order valence-corrected chi connectivity index (χ2v) is 8.26. The fourth-order valence-electron chi connectivity index (χ4n) is 3.07. The van der Waals surface area contributed by atoms with E-state index in [-0.39, 0.29) is 10.9 Å². The van der Waals surface area contributed by atoms with Gasteiger partial charge in [-0.1, -0.05) is 52.8 Å². The maximum atomic E-state index is 12.1. The molecule has 0 radical (unpaired) electrons. The fraction of sp³-hybridized carbons (Fsp3) is 0.381. The number of methoxy groups -OCH3 is 2. The van der Waals surface area contributed by atoms with Crippen molar-refractivity contribution >= 4 is 19.7 Å². The number of ether oxygens (including phenoxy) is 2. The van der Waals surface area contributed by atoms with Crippen LogP contribution >= 0.6 is 8.58 Å². The molecule has 0 saturated heterocycles. The van der Waals surface area contributed by atoms with Crippen LogP contribution in [0, 0.1) is 6.92 Å². The minimum atomic E-state index is -0.143. The van der Waals surface area contributed by atoms with E-state index in [0.29, 0.717) is 8.58 Å². The highest BCUT2D eigenvalue weighted by Crippen LogP contribution is 2.50. The summed E-state index contributed by atoms with van der Waals surface area (Å²) in [5, 5.41) is 1.00. The maximum Gasteiger partial charge on any atom is 0.164 e. The topological polar surface area (TPSA) is 35.5 Å². The number of rotatable bonds is 7. The zero-order valence-electron chi connectivity index (χ0n) is 15.9. The largest absolute Gasteiger partial charge is 0.493 e. The molecule has 2 unspecified atom stereocenters. The van der Waals surface area contributed by atoms with E-state index in [9.17, 15) is 4.79 Å². The monoisotopic (exact) mass is 358 g/mol. The van der Waals surface area contributed by atoms with Gasteiger partial charge in [0.05, 0.1) is 14.2 Å². The molecule has 0 aliphatic heterocycles. The first kappa shape index (κ1) is 19.5. The highest BCUT2D eigenvalue weighted by molar-refractivity contribution is 7.49. The van der Waals surface area contributed by atoms with Crippen LogP contribution in [-0.2, 0) is 5.16 Å². The first-order valence-corrected chi connectivity index (χ1v) is 9.48. The minimum absolute atomic E-state index is 0.113. The summed E-state index contributed by atoms with van der Waals surface area (Å²) in [5.41, 5.74) is 3.10. The van der Waals surface area contributed by atoms with Crippen LogP contribution in [0.5, 0.6) is 11.5 Å². The molecule has 2 aromatic rings. The van der Waals surface area contributed by atoms with Gasteiger partial charge in [0, 0.05) is 16.3 Å². The Morgan fingerprint density at radius 1 is 1.12 bits per heavy atom. The Kier molecular flexibility index (Phi) is 6.24. The van der Waals surface area contributed by atoms with Crippen molar-refractivity contribution in [2.24, 2.45) is 0 Å². The van der Waals surface area contributed by atoms with E-state index in [4.69, 9.17) is 9.47 Å². The number of carbonyl (C=O) groups is 1. The predicted octanol–water partition coefficient (Wildman–Crippen LogP) is 4.84. The van der Waals surface area contributed by atoms with E-state index in [2.05, 4.69) is 32.9 Å². The van der Waals surface area contributed by atoms with Gasteiger partial charge < -0.3 is 9.47 Å². The molecule has 0 bridgehead atoms. The van der Waals surface area contributed by atoms with E-state index in [1.807, 2.05) is 24.3 Å². The van der Waals surface area contributed by atoms with Gasteiger partial charge in [0.2, 0.25) is 0 Å². The number of hydrogen-bond donors (Lipinski definition) is 0. The molecule has 4 heteroatoms. The van der Waals surface area contributed by atoms with Gasteiger partial charge in [0.25, 0.3) is 0 Å². The van der Waals surface area contributed by atoms with E-state index in [1.165, 1.54) is 0 Å². The molecule has 0 heterocycles. The third kappa shape index (κ3) is 3.88. The second kappa shape index (κ2) is 8.01. The molecule has 0 aromatic heterocycles. The molecule has 0 aliphatic rings. The number of Topliss-reactive ketones (excluding diaryl/α,β-unsaturated/α-hetero) is 1. The summed E-state index contributed by atoms with van der Waals surface area (Å²) in [5.74, 6) is 1.63. The molecule has 2 atom stereocenters. The summed E-state index contributed by atoms with van der Waals surface area (Å²) < 4.78 is 11.1. The molecule has 0 spiro atoms. The Morgan fingerprint density at radius 2 is 1.80 bits per heavy atom. The van der Waals surface area contributed by atoms with Crippen LogP contribution in [0.15, 0.2) is 36.4 Å². The van der Waals surface area contributed by atoms with Crippen LogP contribution in [0.1, 0.15) is 48.7 Å². The van der Waals surface area contributed by atoms with Crippen molar-refractivity contribution < 1.29 is 14.3 Å². The standard InChI is InChI=1S/C21H27O3P/c1-7-21(4,17-12-9-13-18(23-5)19(17)24-6)25-20-14(2)10-8-11-16(20)15(3)22/h8-13,25H,7H2,1-6H3. The van der Waals surface area contributed by atoms with Crippen LogP contribution < -0.4 is 14.8 Å². The summed E-state index contributed by atoms with van der Waals surface area (Å²) in [7, 11) is 3.79. The minimum Gasteiger partial charge on any atom is -0.493 e. The van der Waals surface area contributed by atoms with Gasteiger partial charge in [-0.3, -0.25) is 4.79 Å². The number of ketones is 1. The average Bonchev–Trinajstić information content (AvgIpc) is 2.62. The Balaban J connectivity index is 2.59. The van der Waals surface area contributed by atoms with Crippen LogP contribution in [0.2, 0.25) is 0 Å². The molecule has 25 heavy (non-hydrogen) atoms. The van der Waals surface area contributed by atoms with Crippen LogP contribution in [0.4, 0.5) is 0 Å². The maximum absolute atomic E-state index is 12.1. The summed E-state index contributed by atoms with van der Waals surface area (Å²) in [6.45, 7) is 8.13. The highest BCUT2D eigenvalue weighted by atomic mass is 31.1. The quantitative estimate of drug-likeness (QED) is 0.525. The van der Waals surface area contributed by atoms with E-state index in [0.717, 1.165) is 39.9 Å². The molecular weight excluding hydrogens is 331 g/mol. The lowest BCUT2D eigenvalue weighted by Gasteiger charge is -2.32. The van der Waals surface area contributed by atoms with Crippen molar-refractivity contribution in [2.45, 2.75) is 39.3 Å². The van der Waals surface area contributed by atoms with Crippen molar-refractivity contribution in [2.75, 3.05) is 14.2 Å². The molecular formula is C21H27O3P. The predicted molar refractivity (Wildman–Crippen MR) is 106 cm³/mol. The smallest absolute Gasteiger partial charge is 0.164 e. The van der Waals surface area contributed by atoms with E-state index in [1.54, 1.807) is 21.1 Å². The van der Waals surface area contributed by atoms with Crippen molar-refractivity contribution in [3.05, 3.63) is 53.1 Å². The lowest BCUT2D eigenvalue weighted by Crippen LogP contribution is -2.23. The highest BCUT2D eigenvalue weighted by Gasteiger charge is 2.31. The Morgan fingerprint density at radius 3 is 2.36 bits per heavy atom. The van der Waals surface area contributed by atoms with Crippen molar-refractivity contribution in [1.82, 2.24) is 0 Å². The van der Waals surface area contributed by atoms with Gasteiger partial charge in [-0.05, 0) is 37.2 Å². The third-order valence-electron chi connectivity index (χ3n) is 4.76. The number of carbonyl (C=O) groups excluding carboxylic acids is 1. The lowest BCUT2D eigenvalue weighted by molar-refractivity contribution is 0.101. The van der Waals surface area contributed by atoms with Gasteiger partial charge >= 0.3 is 0 Å². The number of benzene rings is 2. The van der Waals surface area contributed by atoms with Crippen molar-refractivity contribution in [3.8, 4) is 11.5 Å². The van der Waals surface area contributed by atoms with Crippen LogP contribution in [0.3, 0.4) is 0 Å². The van der Waals surface area contributed by atoms with Gasteiger partial charge in [-0.2, -0.15) is 0 Å². The SMILES string of the molecule is CCC(C)(Pc1c(C)cccc1C(C)=O)c1cccc(OC)c1OC. The molecule has 2 rings (SSSR count). The van der Waals surface area contributed by atoms with Gasteiger partial charge in [0.1, 0.15) is 0 Å². The van der Waals surface area contributed by atoms with Gasteiger partial charge in [-0.15, -0.1) is 0 Å². The van der Waals surface area contributed by atoms with E-state index >= 15 is 0 Å². The summed E-state index contributed by atoms with van der Waals surface area (Å²) in [4.78, 5) is 12.1. The Labute approximate surface area is 152 Å². The first-order chi connectivity index (χ1) is 11.9. The van der Waals surface area contributed by atoms with Crippen molar-refractivity contribution in [3.63, 3.8) is 0 Å². The number of aryl methyl sites for hydroxylation is 1. The summed E-state index contributed by atoms with van der Waals surface area (Å²) in [6, 6.07) is 12.0. The zero-order chi connectivity index (χ0) is 18.6. The Hall–Kier alpha value is -1.86. The van der Waals surface area contributed by atoms with Gasteiger partial charge in [0.15, 0.2) is 17.3 Å². The second-order valence-electron chi connectivity index (χ2n) is 6.41. The van der Waals surface area contributed by atoms with Crippen LogP contribution in [-0.4, -0.2) is 20.0 Å². The number of para-hydroxylation sites is 1. The molecule has 134 valence electrons. The number of hydrogen-bond acceptors (Lipinski definition) is 3. The third-order valence-corrected chi connectivity index (χ3v) is 6.85. The molecule has 0 fully saturated rings. The Bertz CT molecular complexity index is 770. The fourth-order valence-corrected chi connectivity index (χ4v) is 4.81. The summed E-state index contributed by atoms with van der Waals surface area (Å²) >= 11 is 0.